The van der Waals surface area contributed by atoms with Crippen LogP contribution >= 0.6 is 0 Å². The van der Waals surface area contributed by atoms with Crippen molar-refractivity contribution in [1.29, 1.82) is 0 Å². The third-order valence-electron chi connectivity index (χ3n) is 3.44. The van der Waals surface area contributed by atoms with Gasteiger partial charge in [-0.3, -0.25) is 10.2 Å². The summed E-state index contributed by atoms with van der Waals surface area (Å²) in [4.78, 5) is 16.1. The van der Waals surface area contributed by atoms with Crippen LogP contribution in [-0.2, 0) is 28.8 Å². The molecule has 27 heavy (non-hydrogen) atoms. The third-order valence-corrected chi connectivity index (χ3v) is 3.44. The molecular formula is C18H18F3N3O3. The SMILES string of the molecule is NNC(=O)COc1ccc(CC=NOCc2ccc(C(F)(F)F)cc2)cc1. The van der Waals surface area contributed by atoms with Crippen molar-refractivity contribution in [3.8, 4) is 5.75 Å². The molecule has 0 radical (unpaired) electrons. The molecule has 9 heteroatoms. The first-order valence-corrected chi connectivity index (χ1v) is 7.89. The molecule has 0 unspecified atom stereocenters. The van der Waals surface area contributed by atoms with E-state index in [0.717, 1.165) is 17.7 Å². The minimum Gasteiger partial charge on any atom is -0.484 e. The van der Waals surface area contributed by atoms with Crippen LogP contribution < -0.4 is 16.0 Å². The molecule has 0 bridgehead atoms. The number of benzene rings is 2. The average Bonchev–Trinajstić information content (AvgIpc) is 2.66. The molecular weight excluding hydrogens is 363 g/mol. The number of rotatable bonds is 8. The van der Waals surface area contributed by atoms with E-state index < -0.39 is 17.6 Å². The van der Waals surface area contributed by atoms with Crippen molar-refractivity contribution in [2.45, 2.75) is 19.2 Å². The number of hydrogen-bond acceptors (Lipinski definition) is 5. The van der Waals surface area contributed by atoms with Gasteiger partial charge in [0.15, 0.2) is 6.61 Å². The summed E-state index contributed by atoms with van der Waals surface area (Å²) in [5, 5.41) is 3.78. The van der Waals surface area contributed by atoms with E-state index in [1.165, 1.54) is 12.1 Å². The van der Waals surface area contributed by atoms with E-state index >= 15 is 0 Å². The molecule has 1 amide bonds. The van der Waals surface area contributed by atoms with Crippen LogP contribution in [-0.4, -0.2) is 18.7 Å². The van der Waals surface area contributed by atoms with Gasteiger partial charge >= 0.3 is 6.18 Å². The molecule has 0 aromatic heterocycles. The lowest BCUT2D eigenvalue weighted by Gasteiger charge is -2.07. The maximum Gasteiger partial charge on any atom is 0.416 e. The number of amides is 1. The van der Waals surface area contributed by atoms with Crippen LogP contribution in [0.3, 0.4) is 0 Å². The number of ether oxygens (including phenoxy) is 1. The van der Waals surface area contributed by atoms with Crippen molar-refractivity contribution in [3.63, 3.8) is 0 Å². The van der Waals surface area contributed by atoms with E-state index in [0.29, 0.717) is 17.7 Å². The standard InChI is InChI=1S/C18H18F3N3O3/c19-18(20,21)15-5-1-14(2-6-15)11-27-23-10-9-13-3-7-16(8-4-13)26-12-17(25)24-22/h1-8,10H,9,11-12,22H2,(H,24,25). The number of nitrogens with zero attached hydrogens (tertiary/aromatic N) is 1. The van der Waals surface area contributed by atoms with Gasteiger partial charge in [0.05, 0.1) is 5.56 Å². The lowest BCUT2D eigenvalue weighted by atomic mass is 10.1. The Balaban J connectivity index is 1.73. The van der Waals surface area contributed by atoms with E-state index in [2.05, 4.69) is 5.16 Å². The Bertz CT molecular complexity index is 760. The molecule has 0 aliphatic carbocycles. The number of nitrogens with one attached hydrogen (secondary N) is 1. The minimum atomic E-state index is -4.35. The first-order valence-electron chi connectivity index (χ1n) is 7.89. The lowest BCUT2D eigenvalue weighted by molar-refractivity contribution is -0.137. The largest absolute Gasteiger partial charge is 0.484 e. The van der Waals surface area contributed by atoms with Gasteiger partial charge in [-0.2, -0.15) is 13.2 Å². The maximum absolute atomic E-state index is 12.5. The highest BCUT2D eigenvalue weighted by Crippen LogP contribution is 2.29. The molecule has 2 aromatic rings. The fraction of sp³-hybridized carbons (Fsp3) is 0.222. The quantitative estimate of drug-likeness (QED) is 0.319. The Labute approximate surface area is 153 Å². The fourth-order valence-electron chi connectivity index (χ4n) is 2.01. The van der Waals surface area contributed by atoms with Crippen molar-refractivity contribution in [2.75, 3.05) is 6.61 Å². The number of alkyl halides is 3. The summed E-state index contributed by atoms with van der Waals surface area (Å²) in [5.74, 6) is 5.04. The predicted molar refractivity (Wildman–Crippen MR) is 92.7 cm³/mol. The molecule has 144 valence electrons. The Hall–Kier alpha value is -3.07. The summed E-state index contributed by atoms with van der Waals surface area (Å²) in [6.07, 6.45) is -2.31. The molecule has 0 atom stereocenters. The van der Waals surface area contributed by atoms with Crippen LogP contribution in [0.1, 0.15) is 16.7 Å². The number of oxime groups is 1. The Morgan fingerprint density at radius 2 is 1.70 bits per heavy atom. The van der Waals surface area contributed by atoms with Gasteiger partial charge < -0.3 is 9.57 Å². The highest BCUT2D eigenvalue weighted by atomic mass is 19.4. The summed E-state index contributed by atoms with van der Waals surface area (Å²) in [6, 6.07) is 11.7. The molecule has 2 aromatic carbocycles. The van der Waals surface area contributed by atoms with Crippen LogP contribution in [0.25, 0.3) is 0 Å². The summed E-state index contributed by atoms with van der Waals surface area (Å²) in [6.45, 7) is -0.0975. The molecule has 0 saturated carbocycles. The Morgan fingerprint density at radius 1 is 1.07 bits per heavy atom. The number of halogens is 3. The van der Waals surface area contributed by atoms with Gasteiger partial charge in [0.1, 0.15) is 12.4 Å². The molecule has 0 spiro atoms. The first kappa shape index (κ1) is 20.2. The van der Waals surface area contributed by atoms with Gasteiger partial charge in [-0.05, 0) is 35.4 Å². The fourth-order valence-corrected chi connectivity index (χ4v) is 2.01. The van der Waals surface area contributed by atoms with Crippen LogP contribution in [0.5, 0.6) is 5.75 Å². The number of carbonyl (C=O) groups is 1. The second-order valence-corrected chi connectivity index (χ2v) is 5.46. The lowest BCUT2D eigenvalue weighted by Crippen LogP contribution is -2.34. The van der Waals surface area contributed by atoms with Gasteiger partial charge in [-0.15, -0.1) is 0 Å². The Kier molecular flexibility index (Phi) is 7.18. The zero-order chi connectivity index (χ0) is 19.7. The molecule has 6 nitrogen and oxygen atoms in total. The van der Waals surface area contributed by atoms with Crippen LogP contribution in [0, 0.1) is 0 Å². The van der Waals surface area contributed by atoms with Crippen molar-refractivity contribution < 1.29 is 27.5 Å². The van der Waals surface area contributed by atoms with Crippen molar-refractivity contribution in [3.05, 3.63) is 65.2 Å². The van der Waals surface area contributed by atoms with Gasteiger partial charge in [-0.1, -0.05) is 29.4 Å². The monoisotopic (exact) mass is 381 g/mol. The first-order chi connectivity index (χ1) is 12.9. The second-order valence-electron chi connectivity index (χ2n) is 5.46. The van der Waals surface area contributed by atoms with Crippen LogP contribution in [0.2, 0.25) is 0 Å². The van der Waals surface area contributed by atoms with Gasteiger partial charge in [0.25, 0.3) is 5.91 Å². The van der Waals surface area contributed by atoms with E-state index in [9.17, 15) is 18.0 Å². The highest BCUT2D eigenvalue weighted by Gasteiger charge is 2.29. The number of nitrogens with two attached hydrogens (primary N) is 1. The minimum absolute atomic E-state index is 0.0740. The normalized spacial score (nSPS) is 11.4. The predicted octanol–water partition coefficient (Wildman–Crippen LogP) is 2.82. The van der Waals surface area contributed by atoms with E-state index in [4.69, 9.17) is 15.4 Å². The summed E-state index contributed by atoms with van der Waals surface area (Å²) >= 11 is 0. The zero-order valence-electron chi connectivity index (χ0n) is 14.2. The molecule has 2 rings (SSSR count). The highest BCUT2D eigenvalue weighted by molar-refractivity contribution is 5.76. The number of hydrazine groups is 1. The summed E-state index contributed by atoms with van der Waals surface area (Å²) in [5.41, 5.74) is 2.78. The van der Waals surface area contributed by atoms with E-state index in [1.807, 2.05) is 5.43 Å². The van der Waals surface area contributed by atoms with Crippen molar-refractivity contribution >= 4 is 12.1 Å². The molecule has 0 fully saturated rings. The van der Waals surface area contributed by atoms with Crippen molar-refractivity contribution in [1.82, 2.24) is 5.43 Å². The average molecular weight is 381 g/mol. The van der Waals surface area contributed by atoms with Crippen molar-refractivity contribution in [2.24, 2.45) is 11.0 Å². The van der Waals surface area contributed by atoms with Gasteiger partial charge in [0.2, 0.25) is 0 Å². The molecule has 0 saturated heterocycles. The molecule has 0 aliphatic rings. The third kappa shape index (κ3) is 6.98. The molecule has 0 aliphatic heterocycles. The molecule has 3 N–H and O–H groups in total. The summed E-state index contributed by atoms with van der Waals surface area (Å²) in [7, 11) is 0. The van der Waals surface area contributed by atoms with Gasteiger partial charge in [-0.25, -0.2) is 5.84 Å². The number of carbonyl (C=O) groups excluding carboxylic acids is 1. The molecule has 0 heterocycles. The second kappa shape index (κ2) is 9.58. The van der Waals surface area contributed by atoms with Crippen LogP contribution in [0.15, 0.2) is 53.7 Å². The summed E-state index contributed by atoms with van der Waals surface area (Å²) < 4.78 is 42.6. The zero-order valence-corrected chi connectivity index (χ0v) is 14.2. The van der Waals surface area contributed by atoms with Crippen LogP contribution in [0.4, 0.5) is 13.2 Å². The number of hydrogen-bond donors (Lipinski definition) is 2. The smallest absolute Gasteiger partial charge is 0.416 e. The van der Waals surface area contributed by atoms with Gasteiger partial charge in [0, 0.05) is 12.6 Å². The van der Waals surface area contributed by atoms with E-state index in [-0.39, 0.29) is 13.2 Å². The van der Waals surface area contributed by atoms with E-state index in [1.54, 1.807) is 30.5 Å². The maximum atomic E-state index is 12.5. The Morgan fingerprint density at radius 3 is 2.30 bits per heavy atom. The topological polar surface area (TPSA) is 85.9 Å².